The molecule has 2 aromatic rings. The summed E-state index contributed by atoms with van der Waals surface area (Å²) < 4.78 is 0. The number of nitrogens with zero attached hydrogens (tertiary/aromatic N) is 3. The van der Waals surface area contributed by atoms with E-state index in [0.717, 1.165) is 17.2 Å². The smallest absolute Gasteiger partial charge is 0.191 e. The highest BCUT2D eigenvalue weighted by Crippen LogP contribution is 2.18. The normalized spacial score (nSPS) is 10.5. The lowest BCUT2D eigenvalue weighted by molar-refractivity contribution is 0.950. The van der Waals surface area contributed by atoms with Crippen molar-refractivity contribution < 1.29 is 0 Å². The van der Waals surface area contributed by atoms with E-state index in [-0.39, 0.29) is 0 Å². The minimum absolute atomic E-state index is 0.593. The summed E-state index contributed by atoms with van der Waals surface area (Å²) in [5.41, 5.74) is 2.54. The highest BCUT2D eigenvalue weighted by atomic mass is 32.2. The lowest BCUT2D eigenvalue weighted by atomic mass is 10.4. The highest BCUT2D eigenvalue weighted by Gasteiger charge is 2.05. The van der Waals surface area contributed by atoms with Crippen molar-refractivity contribution in [1.82, 2.24) is 15.0 Å². The number of thiazole rings is 1. The molecule has 0 aromatic carbocycles. The van der Waals surface area contributed by atoms with Crippen LogP contribution in [0, 0.1) is 0 Å². The molecule has 4 N–H and O–H groups in total. The SMILES string of the molecule is CCc1cnc(CNc2cc(NN)nc(SC)n2)s1. The van der Waals surface area contributed by atoms with E-state index in [2.05, 4.69) is 32.6 Å². The number of nitrogen functional groups attached to an aromatic ring is 1. The first-order valence-electron chi connectivity index (χ1n) is 5.82. The van der Waals surface area contributed by atoms with Crippen LogP contribution in [0.3, 0.4) is 0 Å². The Morgan fingerprint density at radius 3 is 2.79 bits per heavy atom. The molecule has 0 aliphatic rings. The van der Waals surface area contributed by atoms with Gasteiger partial charge in [-0.1, -0.05) is 18.7 Å². The fourth-order valence-electron chi connectivity index (χ4n) is 1.44. The molecule has 102 valence electrons. The van der Waals surface area contributed by atoms with E-state index in [1.165, 1.54) is 16.6 Å². The largest absolute Gasteiger partial charge is 0.363 e. The van der Waals surface area contributed by atoms with Gasteiger partial charge >= 0.3 is 0 Å². The first kappa shape index (κ1) is 14.0. The van der Waals surface area contributed by atoms with E-state index >= 15 is 0 Å². The minimum atomic E-state index is 0.593. The maximum atomic E-state index is 5.38. The fourth-order valence-corrected chi connectivity index (χ4v) is 2.62. The molecule has 0 unspecified atom stereocenters. The zero-order valence-corrected chi connectivity index (χ0v) is 12.4. The van der Waals surface area contributed by atoms with Crippen LogP contribution in [0.5, 0.6) is 0 Å². The molecule has 2 aromatic heterocycles. The van der Waals surface area contributed by atoms with Crippen molar-refractivity contribution in [2.45, 2.75) is 25.0 Å². The van der Waals surface area contributed by atoms with Gasteiger partial charge in [0.15, 0.2) is 5.16 Å². The minimum Gasteiger partial charge on any atom is -0.363 e. The number of nitrogens with two attached hydrogens (primary N) is 1. The quantitative estimate of drug-likeness (QED) is 0.325. The van der Waals surface area contributed by atoms with Gasteiger partial charge in [-0.05, 0) is 12.7 Å². The van der Waals surface area contributed by atoms with Gasteiger partial charge in [0.2, 0.25) is 0 Å². The van der Waals surface area contributed by atoms with Crippen molar-refractivity contribution in [1.29, 1.82) is 0 Å². The summed E-state index contributed by atoms with van der Waals surface area (Å²) in [5.74, 6) is 6.71. The first-order chi connectivity index (χ1) is 9.25. The topological polar surface area (TPSA) is 88.8 Å². The maximum absolute atomic E-state index is 5.38. The van der Waals surface area contributed by atoms with Crippen LogP contribution in [0.2, 0.25) is 0 Å². The number of anilines is 2. The number of aromatic nitrogens is 3. The third-order valence-electron chi connectivity index (χ3n) is 2.41. The van der Waals surface area contributed by atoms with Crippen molar-refractivity contribution in [3.8, 4) is 0 Å². The zero-order chi connectivity index (χ0) is 13.7. The number of hydrogen-bond acceptors (Lipinski definition) is 8. The van der Waals surface area contributed by atoms with Gasteiger partial charge in [0.05, 0.1) is 6.54 Å². The molecule has 0 atom stereocenters. The molecular weight excluding hydrogens is 280 g/mol. The number of hydrogen-bond donors (Lipinski definition) is 3. The molecule has 0 amide bonds. The van der Waals surface area contributed by atoms with Crippen LogP contribution in [-0.2, 0) is 13.0 Å². The number of hydrazine groups is 1. The van der Waals surface area contributed by atoms with Crippen molar-refractivity contribution in [2.24, 2.45) is 5.84 Å². The molecular formula is C11H16N6S2. The Morgan fingerprint density at radius 2 is 2.16 bits per heavy atom. The summed E-state index contributed by atoms with van der Waals surface area (Å²) in [4.78, 5) is 14.2. The van der Waals surface area contributed by atoms with Crippen LogP contribution in [0.25, 0.3) is 0 Å². The average Bonchev–Trinajstić information content (AvgIpc) is 2.92. The molecule has 19 heavy (non-hydrogen) atoms. The summed E-state index contributed by atoms with van der Waals surface area (Å²) in [6.45, 7) is 2.78. The van der Waals surface area contributed by atoms with E-state index in [1.54, 1.807) is 17.4 Å². The van der Waals surface area contributed by atoms with Gasteiger partial charge in [-0.3, -0.25) is 0 Å². The van der Waals surface area contributed by atoms with E-state index < -0.39 is 0 Å². The second-order valence-corrected chi connectivity index (χ2v) is 5.67. The Morgan fingerprint density at radius 1 is 1.37 bits per heavy atom. The predicted octanol–water partition coefficient (Wildman–Crippen LogP) is 2.12. The second-order valence-electron chi connectivity index (χ2n) is 3.70. The second kappa shape index (κ2) is 6.69. The molecule has 0 saturated carbocycles. The summed E-state index contributed by atoms with van der Waals surface area (Å²) in [7, 11) is 0. The van der Waals surface area contributed by atoms with Gasteiger partial charge in [-0.2, -0.15) is 0 Å². The molecule has 0 spiro atoms. The summed E-state index contributed by atoms with van der Waals surface area (Å²) in [5, 5.41) is 4.95. The Hall–Kier alpha value is -1.38. The van der Waals surface area contributed by atoms with Crippen molar-refractivity contribution >= 4 is 34.7 Å². The van der Waals surface area contributed by atoms with Gasteiger partial charge in [-0.15, -0.1) is 11.3 Å². The predicted molar refractivity (Wildman–Crippen MR) is 80.4 cm³/mol. The number of rotatable bonds is 6. The molecule has 0 bridgehead atoms. The van der Waals surface area contributed by atoms with E-state index in [4.69, 9.17) is 5.84 Å². The van der Waals surface area contributed by atoms with Gasteiger partial charge in [0.25, 0.3) is 0 Å². The van der Waals surface area contributed by atoms with Gasteiger partial charge < -0.3 is 10.7 Å². The first-order valence-corrected chi connectivity index (χ1v) is 7.86. The monoisotopic (exact) mass is 296 g/mol. The third kappa shape index (κ3) is 3.79. The van der Waals surface area contributed by atoms with Crippen LogP contribution in [0.1, 0.15) is 16.8 Å². The van der Waals surface area contributed by atoms with Crippen LogP contribution in [0.4, 0.5) is 11.6 Å². The van der Waals surface area contributed by atoms with Crippen LogP contribution in [-0.4, -0.2) is 21.2 Å². The van der Waals surface area contributed by atoms with Crippen LogP contribution >= 0.6 is 23.1 Å². The summed E-state index contributed by atoms with van der Waals surface area (Å²) in [6.07, 6.45) is 4.86. The molecule has 2 heterocycles. The zero-order valence-electron chi connectivity index (χ0n) is 10.8. The number of nitrogens with one attached hydrogen (secondary N) is 2. The Kier molecular flexibility index (Phi) is 4.94. The fraction of sp³-hybridized carbons (Fsp3) is 0.364. The molecule has 0 saturated heterocycles. The Bertz CT molecular complexity index is 519. The number of aryl methyl sites for hydroxylation is 1. The van der Waals surface area contributed by atoms with Crippen LogP contribution in [0.15, 0.2) is 17.4 Å². The lowest BCUT2D eigenvalue weighted by Crippen LogP contribution is -2.11. The van der Waals surface area contributed by atoms with Crippen LogP contribution < -0.4 is 16.6 Å². The summed E-state index contributed by atoms with van der Waals surface area (Å²) in [6, 6.07) is 1.77. The van der Waals surface area contributed by atoms with E-state index in [0.29, 0.717) is 17.5 Å². The van der Waals surface area contributed by atoms with Crippen molar-refractivity contribution in [3.63, 3.8) is 0 Å². The summed E-state index contributed by atoms with van der Waals surface area (Å²) >= 11 is 3.18. The maximum Gasteiger partial charge on any atom is 0.191 e. The van der Waals surface area contributed by atoms with Gasteiger partial charge in [0.1, 0.15) is 16.6 Å². The van der Waals surface area contributed by atoms with Crippen molar-refractivity contribution in [2.75, 3.05) is 17.0 Å². The average molecular weight is 296 g/mol. The molecule has 8 heteroatoms. The third-order valence-corrected chi connectivity index (χ3v) is 4.10. The Labute approximate surface area is 120 Å². The molecule has 0 aliphatic carbocycles. The number of thioether (sulfide) groups is 1. The lowest BCUT2D eigenvalue weighted by Gasteiger charge is -2.07. The van der Waals surface area contributed by atoms with Gasteiger partial charge in [0, 0.05) is 17.1 Å². The van der Waals surface area contributed by atoms with Crippen molar-refractivity contribution in [3.05, 3.63) is 22.1 Å². The molecule has 0 radical (unpaired) electrons. The molecule has 2 rings (SSSR count). The standard InChI is InChI=1S/C11H16N6S2/c1-3-7-5-14-10(19-7)6-13-8-4-9(17-12)16-11(15-8)18-2/h4-5H,3,6,12H2,1-2H3,(H2,13,15,16,17). The Balaban J connectivity index is 2.05. The van der Waals surface area contributed by atoms with E-state index in [1.807, 2.05) is 12.5 Å². The van der Waals surface area contributed by atoms with E-state index in [9.17, 15) is 0 Å². The molecule has 6 nitrogen and oxygen atoms in total. The molecule has 0 fully saturated rings. The molecule has 0 aliphatic heterocycles. The van der Waals surface area contributed by atoms with Gasteiger partial charge in [-0.25, -0.2) is 20.8 Å². The highest BCUT2D eigenvalue weighted by molar-refractivity contribution is 7.98.